The summed E-state index contributed by atoms with van der Waals surface area (Å²) in [6.07, 6.45) is -1.45. The zero-order chi connectivity index (χ0) is 18.7. The number of nitrogens with zero attached hydrogens (tertiary/aromatic N) is 3. The Bertz CT molecular complexity index is 1030. The number of ether oxygens (including phenoxy) is 2. The Labute approximate surface area is 159 Å². The van der Waals surface area contributed by atoms with Gasteiger partial charge in [-0.15, -0.1) is 0 Å². The van der Waals surface area contributed by atoms with Gasteiger partial charge in [0, 0.05) is 16.8 Å². The number of aromatic nitrogens is 3. The third-order valence-electron chi connectivity index (χ3n) is 5.23. The first-order chi connectivity index (χ1) is 13.1. The highest BCUT2D eigenvalue weighted by Crippen LogP contribution is 2.45. The van der Waals surface area contributed by atoms with Gasteiger partial charge in [-0.3, -0.25) is 0 Å². The molecule has 8 nitrogen and oxygen atoms in total. The van der Waals surface area contributed by atoms with E-state index in [1.807, 2.05) is 12.1 Å². The van der Waals surface area contributed by atoms with Gasteiger partial charge in [-0.05, 0) is 17.7 Å². The van der Waals surface area contributed by atoms with Gasteiger partial charge in [-0.2, -0.15) is 0 Å². The quantitative estimate of drug-likeness (QED) is 0.610. The summed E-state index contributed by atoms with van der Waals surface area (Å²) in [6, 6.07) is 7.30. The Morgan fingerprint density at radius 2 is 2.04 bits per heavy atom. The Balaban J connectivity index is 1.51. The fourth-order valence-electron chi connectivity index (χ4n) is 3.91. The predicted molar refractivity (Wildman–Crippen MR) is 96.8 cm³/mol. The van der Waals surface area contributed by atoms with Gasteiger partial charge in [0.15, 0.2) is 6.23 Å². The van der Waals surface area contributed by atoms with Crippen LogP contribution in [0.3, 0.4) is 0 Å². The van der Waals surface area contributed by atoms with E-state index >= 15 is 0 Å². The zero-order valence-electron chi connectivity index (χ0n) is 14.1. The van der Waals surface area contributed by atoms with Gasteiger partial charge < -0.3 is 30.0 Å². The Morgan fingerprint density at radius 3 is 2.89 bits per heavy atom. The summed E-state index contributed by atoms with van der Waals surface area (Å²) in [7, 11) is 0. The van der Waals surface area contributed by atoms with E-state index in [2.05, 4.69) is 9.97 Å². The molecule has 2 aliphatic heterocycles. The number of benzene rings is 1. The van der Waals surface area contributed by atoms with E-state index in [1.165, 1.54) is 6.33 Å². The third kappa shape index (κ3) is 2.45. The summed E-state index contributed by atoms with van der Waals surface area (Å²) >= 11 is 6.34. The second kappa shape index (κ2) is 6.15. The number of fused-ring (bicyclic) bond motifs is 2. The number of nitrogen functional groups attached to an aromatic ring is 1. The van der Waals surface area contributed by atoms with Crippen LogP contribution in [0.4, 0.5) is 5.82 Å². The molecule has 4 N–H and O–H groups in total. The van der Waals surface area contributed by atoms with Crippen LogP contribution >= 0.6 is 11.6 Å². The van der Waals surface area contributed by atoms with Crippen LogP contribution in [0.15, 0.2) is 36.8 Å². The third-order valence-corrected chi connectivity index (χ3v) is 5.56. The molecule has 0 spiro atoms. The summed E-state index contributed by atoms with van der Waals surface area (Å²) in [6.45, 7) is 0.379. The smallest absolute Gasteiger partial charge is 0.164 e. The average Bonchev–Trinajstić information content (AvgIpc) is 3.34. The summed E-state index contributed by atoms with van der Waals surface area (Å²) < 4.78 is 13.5. The van der Waals surface area contributed by atoms with Gasteiger partial charge in [-0.25, -0.2) is 9.97 Å². The molecule has 0 saturated carbocycles. The molecule has 2 aromatic heterocycles. The number of hydrogen-bond acceptors (Lipinski definition) is 7. The minimum absolute atomic E-state index is 0.336. The molecule has 5 rings (SSSR count). The minimum atomic E-state index is -1.17. The minimum Gasteiger partial charge on any atom is -0.387 e. The van der Waals surface area contributed by atoms with Crippen molar-refractivity contribution in [2.75, 3.05) is 5.73 Å². The molecule has 0 bridgehead atoms. The van der Waals surface area contributed by atoms with Crippen LogP contribution in [-0.4, -0.2) is 43.1 Å². The topological polar surface area (TPSA) is 116 Å². The van der Waals surface area contributed by atoms with E-state index in [0.717, 1.165) is 11.1 Å². The Kier molecular flexibility index (Phi) is 3.85. The van der Waals surface area contributed by atoms with Crippen molar-refractivity contribution in [3.8, 4) is 0 Å². The fraction of sp³-hybridized carbons (Fsp3) is 0.333. The zero-order valence-corrected chi connectivity index (χ0v) is 14.8. The van der Waals surface area contributed by atoms with Gasteiger partial charge in [0.05, 0.1) is 12.0 Å². The molecule has 0 aliphatic carbocycles. The summed E-state index contributed by atoms with van der Waals surface area (Å²) in [5.74, 6) is 0.336. The monoisotopic (exact) mass is 388 g/mol. The van der Waals surface area contributed by atoms with Crippen molar-refractivity contribution in [3.63, 3.8) is 0 Å². The average molecular weight is 389 g/mol. The standard InChI is InChI=1S/C18H17ClN4O4/c19-10-3-1-2-8-6-26-14(11(8)10)15-12(24)13(25)18(27-15)23-5-4-9-16(20)21-7-22-17(9)23/h1-5,7,12-15,18,24-25H,6H2,(H2,20,21,22)/t12-,13+,14+,15-,18+/m0/s1. The maximum absolute atomic E-state index is 10.7. The van der Waals surface area contributed by atoms with Crippen molar-refractivity contribution in [1.29, 1.82) is 0 Å². The van der Waals surface area contributed by atoms with Crippen molar-refractivity contribution in [1.82, 2.24) is 14.5 Å². The first-order valence-electron chi connectivity index (χ1n) is 8.54. The fourth-order valence-corrected chi connectivity index (χ4v) is 4.21. The molecular formula is C18H17ClN4O4. The van der Waals surface area contributed by atoms with Crippen molar-refractivity contribution in [2.24, 2.45) is 0 Å². The highest BCUT2D eigenvalue weighted by molar-refractivity contribution is 6.31. The molecule has 9 heteroatoms. The van der Waals surface area contributed by atoms with Crippen molar-refractivity contribution in [3.05, 3.63) is 52.9 Å². The van der Waals surface area contributed by atoms with Crippen LogP contribution in [0.1, 0.15) is 23.5 Å². The van der Waals surface area contributed by atoms with Gasteiger partial charge in [0.25, 0.3) is 0 Å². The molecule has 27 heavy (non-hydrogen) atoms. The molecule has 0 unspecified atom stereocenters. The van der Waals surface area contributed by atoms with Crippen molar-refractivity contribution < 1.29 is 19.7 Å². The van der Waals surface area contributed by atoms with E-state index in [-0.39, 0.29) is 0 Å². The van der Waals surface area contributed by atoms with E-state index in [4.69, 9.17) is 26.8 Å². The van der Waals surface area contributed by atoms with Crippen LogP contribution in [-0.2, 0) is 16.1 Å². The molecular weight excluding hydrogens is 372 g/mol. The van der Waals surface area contributed by atoms with E-state index in [0.29, 0.717) is 28.5 Å². The largest absolute Gasteiger partial charge is 0.387 e. The van der Waals surface area contributed by atoms with Crippen molar-refractivity contribution in [2.45, 2.75) is 37.3 Å². The highest BCUT2D eigenvalue weighted by Gasteiger charge is 2.50. The van der Waals surface area contributed by atoms with Gasteiger partial charge in [0.2, 0.25) is 0 Å². The second-order valence-corrected chi connectivity index (χ2v) is 7.14. The summed E-state index contributed by atoms with van der Waals surface area (Å²) in [4.78, 5) is 8.19. The van der Waals surface area contributed by atoms with E-state index in [1.54, 1.807) is 22.9 Å². The number of nitrogens with two attached hydrogens (primary N) is 1. The maximum Gasteiger partial charge on any atom is 0.164 e. The van der Waals surface area contributed by atoms with Crippen LogP contribution < -0.4 is 5.73 Å². The van der Waals surface area contributed by atoms with Crippen LogP contribution in [0.5, 0.6) is 0 Å². The molecule has 5 atom stereocenters. The molecule has 3 aromatic rings. The van der Waals surface area contributed by atoms with Crippen LogP contribution in [0, 0.1) is 0 Å². The SMILES string of the molecule is Nc1ncnc2c1ccn2[C@@H]1O[C@H]([C@@H]2OCc3cccc(Cl)c32)[C@@H](O)[C@H]1O. The molecule has 2 aliphatic rings. The number of rotatable bonds is 2. The van der Waals surface area contributed by atoms with Gasteiger partial charge in [0.1, 0.15) is 42.2 Å². The van der Waals surface area contributed by atoms with E-state index in [9.17, 15) is 10.2 Å². The van der Waals surface area contributed by atoms with Crippen molar-refractivity contribution >= 4 is 28.5 Å². The highest BCUT2D eigenvalue weighted by atomic mass is 35.5. The molecule has 1 aromatic carbocycles. The second-order valence-electron chi connectivity index (χ2n) is 6.74. The summed E-state index contributed by atoms with van der Waals surface area (Å²) in [5.41, 5.74) is 8.14. The lowest BCUT2D eigenvalue weighted by atomic mass is 9.97. The molecule has 140 valence electrons. The number of aliphatic hydroxyl groups excluding tert-OH is 2. The first kappa shape index (κ1) is 16.9. The van der Waals surface area contributed by atoms with Crippen LogP contribution in [0.2, 0.25) is 5.02 Å². The maximum atomic E-state index is 10.7. The number of hydrogen-bond donors (Lipinski definition) is 3. The molecule has 0 radical (unpaired) electrons. The molecule has 0 amide bonds. The lowest BCUT2D eigenvalue weighted by Gasteiger charge is -2.22. The van der Waals surface area contributed by atoms with Crippen LogP contribution in [0.25, 0.3) is 11.0 Å². The number of aliphatic hydroxyl groups is 2. The number of anilines is 1. The van der Waals surface area contributed by atoms with Gasteiger partial charge in [-0.1, -0.05) is 23.7 Å². The Hall–Kier alpha value is -2.23. The predicted octanol–water partition coefficient (Wildman–Crippen LogP) is 1.56. The Morgan fingerprint density at radius 1 is 1.19 bits per heavy atom. The molecule has 1 saturated heterocycles. The molecule has 4 heterocycles. The van der Waals surface area contributed by atoms with E-state index < -0.39 is 30.6 Å². The lowest BCUT2D eigenvalue weighted by Crippen LogP contribution is -2.34. The number of halogens is 1. The molecule has 1 fully saturated rings. The normalized spacial score (nSPS) is 30.1. The van der Waals surface area contributed by atoms with Gasteiger partial charge >= 0.3 is 0 Å². The summed E-state index contributed by atoms with van der Waals surface area (Å²) in [5, 5.41) is 22.5. The first-order valence-corrected chi connectivity index (χ1v) is 8.91. The lowest BCUT2D eigenvalue weighted by molar-refractivity contribution is -0.104.